The molecule has 1 fully saturated rings. The van der Waals surface area contributed by atoms with Crippen molar-refractivity contribution in [1.29, 1.82) is 0 Å². The van der Waals surface area contributed by atoms with E-state index in [9.17, 15) is 48.1 Å². The summed E-state index contributed by atoms with van der Waals surface area (Å²) in [5, 5.41) is 28.1. The summed E-state index contributed by atoms with van der Waals surface area (Å²) in [4.78, 5) is 90.5. The number of benzene rings is 3. The molecule has 27 nitrogen and oxygen atoms in total. The molecule has 2 aliphatic heterocycles. The van der Waals surface area contributed by atoms with E-state index in [0.717, 1.165) is 23.7 Å². The van der Waals surface area contributed by atoms with Gasteiger partial charge in [0.2, 0.25) is 5.36 Å². The molecule has 4 heterocycles. The number of amides is 2. The topological polar surface area (TPSA) is 383 Å². The summed E-state index contributed by atoms with van der Waals surface area (Å²) in [6.45, 7) is -1.57. The SMILES string of the molecule is CN(C)c1ccc2c(-c3cc(C(=O)NCCNC(=O)O[C@@H]4[C@H](O)[C@@H](COP(=O)(O)OP(=O)(O)OP(=O)(O)O)O[C@H]4n4cnc5c(N)ncnc54)ccc3C(=O)O)c3ccc(=[N+](C)C)cc-3oc2c1. The summed E-state index contributed by atoms with van der Waals surface area (Å²) in [6.07, 6.45) is -5.70. The van der Waals surface area contributed by atoms with Gasteiger partial charge in [-0.25, -0.2) is 42.8 Å². The molecule has 2 amide bonds. The van der Waals surface area contributed by atoms with Crippen molar-refractivity contribution in [1.82, 2.24) is 34.7 Å². The van der Waals surface area contributed by atoms with Crippen LogP contribution in [0.2, 0.25) is 0 Å². The van der Waals surface area contributed by atoms with Crippen LogP contribution < -0.4 is 31.2 Å². The number of carboxylic acids is 1. The van der Waals surface area contributed by atoms with Crippen LogP contribution in [0, 0.1) is 0 Å². The zero-order valence-corrected chi connectivity index (χ0v) is 38.6. The highest BCUT2D eigenvalue weighted by molar-refractivity contribution is 7.66. The summed E-state index contributed by atoms with van der Waals surface area (Å²) in [7, 11) is -9.77. The highest BCUT2D eigenvalue weighted by Gasteiger charge is 2.50. The minimum absolute atomic E-state index is 0.0278. The number of carbonyl (C=O) groups excluding carboxylic acids is 2. The largest absolute Gasteiger partial charge is 0.490 e. The minimum atomic E-state index is -5.88. The number of carboxylic acid groups (broad SMARTS) is 1. The van der Waals surface area contributed by atoms with Gasteiger partial charge in [-0.05, 0) is 42.0 Å². The molecule has 362 valence electrons. The number of nitrogen functional groups attached to an aromatic ring is 1. The van der Waals surface area contributed by atoms with Gasteiger partial charge >= 0.3 is 35.5 Å². The standard InChI is InChI=1S/C38H42N9O18P3/c1-45(2)20-6-9-23-26(14-20)61-27-15-21(46(3)4)7-10-24(27)29(23)25-13-19(5-8-22(25)37(50)51)35(49)40-11-12-41-38(52)63-32-31(48)28(16-60-67(56,57)65-68(58,59)64-66(53,54)55)62-36(32)47-18-44-30-33(39)42-17-43-34(30)47/h5-10,13-15,17-18,28,31-32,36,48H,11-12,16H2,1-4H3,(H8-,39,40,41,42,43,49,50,51,52,53,54,55,56,57,58,59)/p+1/t28-,31-,32-,36-/m1/s1. The second-order valence-electron chi connectivity index (χ2n) is 15.3. The van der Waals surface area contributed by atoms with Gasteiger partial charge < -0.3 is 64.9 Å². The number of carbonyl (C=O) groups is 3. The van der Waals surface area contributed by atoms with E-state index in [2.05, 4.69) is 38.7 Å². The van der Waals surface area contributed by atoms with Crippen molar-refractivity contribution in [2.45, 2.75) is 24.5 Å². The number of hydrogen-bond donors (Lipinski definition) is 9. The van der Waals surface area contributed by atoms with Gasteiger partial charge in [0.1, 0.15) is 49.5 Å². The van der Waals surface area contributed by atoms with Crippen LogP contribution in [0.4, 0.5) is 16.3 Å². The molecular formula is C38H43N9O18P3+. The normalized spacial score (nSPS) is 19.1. The van der Waals surface area contributed by atoms with Gasteiger partial charge in [-0.15, -0.1) is 0 Å². The van der Waals surface area contributed by atoms with E-state index < -0.39 is 72.6 Å². The van der Waals surface area contributed by atoms with Crippen molar-refractivity contribution in [3.63, 3.8) is 0 Å². The molecule has 2 aromatic heterocycles. The lowest BCUT2D eigenvalue weighted by Crippen LogP contribution is -2.41. The van der Waals surface area contributed by atoms with E-state index in [1.54, 1.807) is 0 Å². The van der Waals surface area contributed by atoms with Crippen molar-refractivity contribution in [2.24, 2.45) is 0 Å². The van der Waals surface area contributed by atoms with Gasteiger partial charge in [0.15, 0.2) is 23.8 Å². The number of aromatic carboxylic acids is 1. The van der Waals surface area contributed by atoms with Gasteiger partial charge in [-0.2, -0.15) is 8.62 Å². The number of ether oxygens (including phenoxy) is 2. The lowest BCUT2D eigenvalue weighted by molar-refractivity contribution is -0.0522. The first-order valence-electron chi connectivity index (χ1n) is 19.8. The number of aromatic nitrogens is 4. The molecular weight excluding hydrogens is 963 g/mol. The molecule has 2 aromatic carbocycles. The Balaban J connectivity index is 1.07. The van der Waals surface area contributed by atoms with Gasteiger partial charge in [0, 0.05) is 67.1 Å². The maximum absolute atomic E-state index is 13.6. The second kappa shape index (κ2) is 19.4. The van der Waals surface area contributed by atoms with Crippen molar-refractivity contribution >= 4 is 75.1 Å². The number of phosphoric ester groups is 1. The van der Waals surface area contributed by atoms with E-state index in [1.807, 2.05) is 74.1 Å². The third-order valence-electron chi connectivity index (χ3n) is 10.2. The van der Waals surface area contributed by atoms with Gasteiger partial charge in [0.05, 0.1) is 24.6 Å². The minimum Gasteiger partial charge on any atom is -0.478 e. The van der Waals surface area contributed by atoms with E-state index in [1.165, 1.54) is 22.8 Å². The van der Waals surface area contributed by atoms with Crippen molar-refractivity contribution in [3.8, 4) is 22.5 Å². The molecule has 10 N–H and O–H groups in total. The third-order valence-corrected chi connectivity index (χ3v) is 14.0. The molecule has 1 aliphatic carbocycles. The summed E-state index contributed by atoms with van der Waals surface area (Å²) in [6, 6.07) is 15.1. The van der Waals surface area contributed by atoms with Crippen LogP contribution in [0.25, 0.3) is 44.6 Å². The van der Waals surface area contributed by atoms with Crippen molar-refractivity contribution in [2.75, 3.05) is 58.5 Å². The molecule has 0 saturated carbocycles. The lowest BCUT2D eigenvalue weighted by Gasteiger charge is -2.22. The number of hydrogen-bond acceptors (Lipinski definition) is 18. The maximum Gasteiger partial charge on any atom is 0.490 e. The quantitative estimate of drug-likeness (QED) is 0.0289. The molecule has 1 saturated heterocycles. The predicted molar refractivity (Wildman–Crippen MR) is 237 cm³/mol. The molecule has 2 unspecified atom stereocenters. The molecule has 0 bridgehead atoms. The molecule has 6 atom stereocenters. The number of imidazole rings is 1. The summed E-state index contributed by atoms with van der Waals surface area (Å²) in [5.41, 5.74) is 8.64. The zero-order valence-electron chi connectivity index (χ0n) is 36.0. The summed E-state index contributed by atoms with van der Waals surface area (Å²) < 4.78 is 68.1. The maximum atomic E-state index is 13.6. The van der Waals surface area contributed by atoms with E-state index in [0.29, 0.717) is 27.9 Å². The number of phosphoric acid groups is 3. The number of nitrogens with zero attached hydrogens (tertiary/aromatic N) is 6. The van der Waals surface area contributed by atoms with Crippen LogP contribution in [0.5, 0.6) is 0 Å². The molecule has 68 heavy (non-hydrogen) atoms. The lowest BCUT2D eigenvalue weighted by atomic mass is 9.89. The summed E-state index contributed by atoms with van der Waals surface area (Å²) in [5.74, 6) is -1.46. The predicted octanol–water partition coefficient (Wildman–Crippen LogP) is 1.85. The van der Waals surface area contributed by atoms with Gasteiger partial charge in [-0.3, -0.25) is 13.9 Å². The average molecular weight is 1010 g/mol. The van der Waals surface area contributed by atoms with Crippen LogP contribution in [0.3, 0.4) is 0 Å². The molecule has 7 rings (SSSR count). The molecule has 0 radical (unpaired) electrons. The Labute approximate surface area is 383 Å². The zero-order chi connectivity index (χ0) is 49.5. The number of anilines is 2. The monoisotopic (exact) mass is 1010 g/mol. The van der Waals surface area contributed by atoms with Crippen molar-refractivity contribution < 1.29 is 84.9 Å². The molecule has 0 spiro atoms. The number of rotatable bonds is 16. The van der Waals surface area contributed by atoms with E-state index >= 15 is 0 Å². The first-order chi connectivity index (χ1) is 31.9. The number of aliphatic hydroxyl groups is 1. The Morgan fingerprint density at radius 1 is 0.912 bits per heavy atom. The van der Waals surface area contributed by atoms with Crippen LogP contribution in [0.1, 0.15) is 26.9 Å². The Bertz CT molecular complexity index is 3140. The molecule has 4 aromatic rings. The first-order valence-corrected chi connectivity index (χ1v) is 24.3. The van der Waals surface area contributed by atoms with E-state index in [4.69, 9.17) is 29.4 Å². The fourth-order valence-corrected chi connectivity index (χ4v) is 10.2. The number of aliphatic hydroxyl groups excluding tert-OH is 1. The van der Waals surface area contributed by atoms with Crippen LogP contribution in [-0.2, 0) is 36.3 Å². The smallest absolute Gasteiger partial charge is 0.478 e. The highest BCUT2D eigenvalue weighted by Crippen LogP contribution is 2.66. The third kappa shape index (κ3) is 11.1. The Kier molecular flexibility index (Phi) is 14.2. The second-order valence-corrected chi connectivity index (χ2v) is 19.7. The number of alkyl carbamates (subject to hydrolysis) is 1. The fraction of sp³-hybridized carbons (Fsp3) is 0.289. The summed E-state index contributed by atoms with van der Waals surface area (Å²) >= 11 is 0. The van der Waals surface area contributed by atoms with Crippen LogP contribution >= 0.6 is 23.5 Å². The molecule has 30 heteroatoms. The number of nitrogens with two attached hydrogens (primary N) is 1. The van der Waals surface area contributed by atoms with Crippen LogP contribution in [0.15, 0.2) is 71.7 Å². The van der Waals surface area contributed by atoms with Gasteiger partial charge in [-0.1, -0.05) is 0 Å². The number of nitrogens with one attached hydrogen (secondary N) is 2. The van der Waals surface area contributed by atoms with Crippen LogP contribution in [-0.4, -0.2) is 133 Å². The average Bonchev–Trinajstić information content (AvgIpc) is 3.82. The van der Waals surface area contributed by atoms with E-state index in [-0.39, 0.29) is 46.8 Å². The Morgan fingerprint density at radius 3 is 2.34 bits per heavy atom. The fourth-order valence-electron chi connectivity index (χ4n) is 7.13. The number of fused-ring (bicyclic) bond motifs is 3. The first kappa shape index (κ1) is 49.7. The highest BCUT2D eigenvalue weighted by atomic mass is 31.3. The van der Waals surface area contributed by atoms with Crippen molar-refractivity contribution in [3.05, 3.63) is 83.7 Å². The van der Waals surface area contributed by atoms with Gasteiger partial charge in [0.25, 0.3) is 5.91 Å². The molecule has 3 aliphatic rings. The Morgan fingerprint density at radius 2 is 1.65 bits per heavy atom. The Hall–Kier alpha value is -6.18.